The Bertz CT molecular complexity index is 1040. The van der Waals surface area contributed by atoms with Crippen molar-refractivity contribution in [1.82, 2.24) is 10.6 Å². The van der Waals surface area contributed by atoms with Crippen molar-refractivity contribution in [3.8, 4) is 0 Å². The van der Waals surface area contributed by atoms with Crippen molar-refractivity contribution < 1.29 is 27.6 Å². The Morgan fingerprint density at radius 2 is 1.71 bits per heavy atom. The number of fused-ring (bicyclic) bond motifs is 1. The standard InChI is InChI=1S/C21H21F3N4O3/c1-21(2,27-18(29)11-4-6-12(22)7-5-11)20(31)26-16-10-25-15-8-13(23)14(24)9-17(15)28(3)19(16)30/h4-9,16,25H,10H2,1-3H3,(H,26,31)(H,27,29)/t16-/m1/s1. The van der Waals surface area contributed by atoms with Crippen LogP contribution in [0.25, 0.3) is 0 Å². The van der Waals surface area contributed by atoms with Gasteiger partial charge in [-0.2, -0.15) is 0 Å². The number of halogens is 3. The lowest BCUT2D eigenvalue weighted by atomic mass is 10.0. The third kappa shape index (κ3) is 4.62. The molecular weight excluding hydrogens is 413 g/mol. The van der Waals surface area contributed by atoms with Crippen LogP contribution in [0.2, 0.25) is 0 Å². The molecule has 0 unspecified atom stereocenters. The Morgan fingerprint density at radius 1 is 1.10 bits per heavy atom. The number of carbonyl (C=O) groups excluding carboxylic acids is 3. The zero-order chi connectivity index (χ0) is 22.9. The van der Waals surface area contributed by atoms with E-state index in [2.05, 4.69) is 16.0 Å². The number of hydrogen-bond donors (Lipinski definition) is 3. The summed E-state index contributed by atoms with van der Waals surface area (Å²) in [5, 5.41) is 7.92. The first-order valence-corrected chi connectivity index (χ1v) is 9.39. The first kappa shape index (κ1) is 22.1. The molecule has 1 aliphatic rings. The molecule has 7 nitrogen and oxygen atoms in total. The fourth-order valence-electron chi connectivity index (χ4n) is 3.07. The van der Waals surface area contributed by atoms with E-state index >= 15 is 0 Å². The lowest BCUT2D eigenvalue weighted by molar-refractivity contribution is -0.130. The number of carbonyl (C=O) groups is 3. The molecule has 1 heterocycles. The summed E-state index contributed by atoms with van der Waals surface area (Å²) in [5.74, 6) is -4.48. The van der Waals surface area contributed by atoms with Crippen LogP contribution >= 0.6 is 0 Å². The van der Waals surface area contributed by atoms with Crippen molar-refractivity contribution in [3.05, 3.63) is 59.4 Å². The van der Waals surface area contributed by atoms with Crippen LogP contribution in [-0.2, 0) is 9.59 Å². The third-order valence-corrected chi connectivity index (χ3v) is 4.93. The van der Waals surface area contributed by atoms with E-state index in [1.165, 1.54) is 33.0 Å². The molecule has 0 saturated carbocycles. The van der Waals surface area contributed by atoms with Gasteiger partial charge in [-0.1, -0.05) is 0 Å². The van der Waals surface area contributed by atoms with Crippen molar-refractivity contribution in [3.63, 3.8) is 0 Å². The molecule has 1 aliphatic heterocycles. The number of anilines is 2. The van der Waals surface area contributed by atoms with E-state index in [-0.39, 0.29) is 23.5 Å². The molecule has 2 aromatic rings. The van der Waals surface area contributed by atoms with Gasteiger partial charge in [-0.05, 0) is 38.1 Å². The predicted molar refractivity (Wildman–Crippen MR) is 108 cm³/mol. The summed E-state index contributed by atoms with van der Waals surface area (Å²) < 4.78 is 40.2. The van der Waals surface area contributed by atoms with Gasteiger partial charge in [0.15, 0.2) is 11.6 Å². The average Bonchev–Trinajstić information content (AvgIpc) is 2.81. The van der Waals surface area contributed by atoms with Gasteiger partial charge in [0, 0.05) is 31.3 Å². The second kappa shape index (κ2) is 8.29. The minimum atomic E-state index is -1.41. The molecule has 0 aliphatic carbocycles. The SMILES string of the molecule is CN1C(=O)[C@H](NC(=O)C(C)(C)NC(=O)c2ccc(F)cc2)CNc2cc(F)c(F)cc21. The number of likely N-dealkylation sites (N-methyl/N-ethyl adjacent to an activating group) is 1. The zero-order valence-electron chi connectivity index (χ0n) is 17.1. The summed E-state index contributed by atoms with van der Waals surface area (Å²) in [5.41, 5.74) is -0.921. The summed E-state index contributed by atoms with van der Waals surface area (Å²) in [6.45, 7) is 2.82. The molecular formula is C21H21F3N4O3. The molecule has 0 saturated heterocycles. The zero-order valence-corrected chi connectivity index (χ0v) is 17.1. The molecule has 10 heteroatoms. The van der Waals surface area contributed by atoms with Gasteiger partial charge in [-0.25, -0.2) is 13.2 Å². The molecule has 0 fully saturated rings. The smallest absolute Gasteiger partial charge is 0.252 e. The highest BCUT2D eigenvalue weighted by Gasteiger charge is 2.36. The van der Waals surface area contributed by atoms with Gasteiger partial charge in [0.05, 0.1) is 11.4 Å². The van der Waals surface area contributed by atoms with Crippen molar-refractivity contribution >= 4 is 29.1 Å². The molecule has 0 bridgehead atoms. The monoisotopic (exact) mass is 434 g/mol. The first-order chi connectivity index (χ1) is 14.5. The fourth-order valence-corrected chi connectivity index (χ4v) is 3.07. The average molecular weight is 434 g/mol. The van der Waals surface area contributed by atoms with Crippen molar-refractivity contribution in [2.45, 2.75) is 25.4 Å². The van der Waals surface area contributed by atoms with Gasteiger partial charge in [-0.3, -0.25) is 14.4 Å². The number of nitrogens with one attached hydrogen (secondary N) is 3. The maximum Gasteiger partial charge on any atom is 0.252 e. The minimum absolute atomic E-state index is 0.0744. The molecule has 2 aromatic carbocycles. The van der Waals surface area contributed by atoms with Crippen molar-refractivity contribution in [2.24, 2.45) is 0 Å². The molecule has 31 heavy (non-hydrogen) atoms. The van der Waals surface area contributed by atoms with Gasteiger partial charge in [0.2, 0.25) is 5.91 Å². The van der Waals surface area contributed by atoms with E-state index < -0.39 is 46.8 Å². The van der Waals surface area contributed by atoms with E-state index in [9.17, 15) is 27.6 Å². The van der Waals surface area contributed by atoms with E-state index in [0.29, 0.717) is 0 Å². The summed E-state index contributed by atoms with van der Waals surface area (Å²) in [6.07, 6.45) is 0. The summed E-state index contributed by atoms with van der Waals surface area (Å²) in [6, 6.07) is 5.58. The Morgan fingerprint density at radius 3 is 2.35 bits per heavy atom. The highest BCUT2D eigenvalue weighted by atomic mass is 19.2. The molecule has 3 rings (SSSR count). The fraction of sp³-hybridized carbons (Fsp3) is 0.286. The van der Waals surface area contributed by atoms with E-state index in [1.807, 2.05) is 0 Å². The van der Waals surface area contributed by atoms with Crippen LogP contribution in [0.3, 0.4) is 0 Å². The van der Waals surface area contributed by atoms with E-state index in [4.69, 9.17) is 0 Å². The lowest BCUT2D eigenvalue weighted by Gasteiger charge is -2.28. The Balaban J connectivity index is 1.72. The number of benzene rings is 2. The third-order valence-electron chi connectivity index (χ3n) is 4.93. The van der Waals surface area contributed by atoms with Crippen LogP contribution in [0.4, 0.5) is 24.5 Å². The minimum Gasteiger partial charge on any atom is -0.381 e. The highest BCUT2D eigenvalue weighted by Crippen LogP contribution is 2.30. The van der Waals surface area contributed by atoms with E-state index in [1.54, 1.807) is 0 Å². The summed E-state index contributed by atoms with van der Waals surface area (Å²) in [7, 11) is 1.38. The van der Waals surface area contributed by atoms with Gasteiger partial charge in [0.1, 0.15) is 17.4 Å². The van der Waals surface area contributed by atoms with Gasteiger partial charge >= 0.3 is 0 Å². The van der Waals surface area contributed by atoms with Gasteiger partial charge < -0.3 is 20.9 Å². The molecule has 1 atom stereocenters. The molecule has 0 aromatic heterocycles. The summed E-state index contributed by atoms with van der Waals surface area (Å²) in [4.78, 5) is 39.1. The Labute approximate surface area is 176 Å². The Hall–Kier alpha value is -3.56. The largest absolute Gasteiger partial charge is 0.381 e. The quantitative estimate of drug-likeness (QED) is 0.688. The summed E-state index contributed by atoms with van der Waals surface area (Å²) >= 11 is 0. The second-order valence-electron chi connectivity index (χ2n) is 7.67. The molecule has 0 radical (unpaired) electrons. The maximum absolute atomic E-state index is 13.6. The number of nitrogens with zero attached hydrogens (tertiary/aromatic N) is 1. The molecule has 3 N–H and O–H groups in total. The van der Waals surface area contributed by atoms with E-state index in [0.717, 1.165) is 29.2 Å². The topological polar surface area (TPSA) is 90.5 Å². The van der Waals surface area contributed by atoms with Gasteiger partial charge in [-0.15, -0.1) is 0 Å². The highest BCUT2D eigenvalue weighted by molar-refractivity contribution is 6.04. The van der Waals surface area contributed by atoms with Crippen molar-refractivity contribution in [1.29, 1.82) is 0 Å². The van der Waals surface area contributed by atoms with Crippen LogP contribution in [-0.4, -0.2) is 42.9 Å². The number of amides is 3. The van der Waals surface area contributed by atoms with Crippen LogP contribution in [0.1, 0.15) is 24.2 Å². The first-order valence-electron chi connectivity index (χ1n) is 9.39. The van der Waals surface area contributed by atoms with Gasteiger partial charge in [0.25, 0.3) is 11.8 Å². The normalized spacial score (nSPS) is 16.1. The maximum atomic E-state index is 13.6. The second-order valence-corrected chi connectivity index (χ2v) is 7.67. The predicted octanol–water partition coefficient (Wildman–Crippen LogP) is 2.19. The molecule has 3 amide bonds. The molecule has 0 spiro atoms. The van der Waals surface area contributed by atoms with Crippen LogP contribution < -0.4 is 20.9 Å². The number of hydrogen-bond acceptors (Lipinski definition) is 4. The molecule has 164 valence electrons. The van der Waals surface area contributed by atoms with Crippen LogP contribution in [0.5, 0.6) is 0 Å². The Kier molecular flexibility index (Phi) is 5.92. The van der Waals surface area contributed by atoms with Crippen LogP contribution in [0.15, 0.2) is 36.4 Å². The van der Waals surface area contributed by atoms with Crippen molar-refractivity contribution in [2.75, 3.05) is 23.8 Å². The van der Waals surface area contributed by atoms with Crippen LogP contribution in [0, 0.1) is 17.5 Å². The lowest BCUT2D eigenvalue weighted by Crippen LogP contribution is -2.60. The number of rotatable bonds is 4.